The van der Waals surface area contributed by atoms with Crippen molar-refractivity contribution >= 4 is 11.8 Å². The minimum Gasteiger partial charge on any atom is -0.460 e. The highest BCUT2D eigenvalue weighted by molar-refractivity contribution is 6.05. The summed E-state index contributed by atoms with van der Waals surface area (Å²) in [5, 5.41) is 7.12. The van der Waals surface area contributed by atoms with Gasteiger partial charge in [0.25, 0.3) is 0 Å². The maximum absolute atomic E-state index is 12.4. The van der Waals surface area contributed by atoms with Gasteiger partial charge in [-0.05, 0) is 37.2 Å². The number of ether oxygens (including phenoxy) is 1. The van der Waals surface area contributed by atoms with Crippen LogP contribution in [0.25, 0.3) is 0 Å². The third kappa shape index (κ3) is 5.02. The van der Waals surface area contributed by atoms with Crippen LogP contribution in [-0.4, -0.2) is 28.6 Å². The molecule has 0 spiro atoms. The van der Waals surface area contributed by atoms with Crippen LogP contribution < -0.4 is 0 Å². The van der Waals surface area contributed by atoms with E-state index >= 15 is 0 Å². The summed E-state index contributed by atoms with van der Waals surface area (Å²) in [6.45, 7) is 10.0. The summed E-state index contributed by atoms with van der Waals surface area (Å²) in [4.78, 5) is 24.4. The number of Topliss-reactive ketones (excluding diaryl/α,β-unsaturated/α-hetero) is 1. The number of aromatic nitrogens is 2. The van der Waals surface area contributed by atoms with E-state index in [1.165, 1.54) is 0 Å². The van der Waals surface area contributed by atoms with Gasteiger partial charge in [0, 0.05) is 11.3 Å². The summed E-state index contributed by atoms with van der Waals surface area (Å²) < 4.78 is 5.19. The van der Waals surface area contributed by atoms with E-state index in [0.717, 1.165) is 36.1 Å². The summed E-state index contributed by atoms with van der Waals surface area (Å²) in [5.41, 5.74) is 3.38. The van der Waals surface area contributed by atoms with E-state index in [1.54, 1.807) is 12.2 Å². The number of fused-ring (bicyclic) bond motifs is 1. The first-order valence-electron chi connectivity index (χ1n) is 8.55. The Morgan fingerprint density at radius 1 is 1.40 bits per heavy atom. The first kappa shape index (κ1) is 18.9. The van der Waals surface area contributed by atoms with Crippen LogP contribution in [0.15, 0.2) is 36.5 Å². The number of carbonyl (C=O) groups is 2. The average molecular weight is 342 g/mol. The summed E-state index contributed by atoms with van der Waals surface area (Å²) in [6.07, 6.45) is 9.47. The smallest absolute Gasteiger partial charge is 0.314 e. The SMILES string of the molecule is C=C/C=C(\C=C/C)COC(=O)CC(=O)c1n[nH]c2c1CCC(C)(C)C2. The average Bonchev–Trinajstić information content (AvgIpc) is 2.94. The van der Waals surface area contributed by atoms with Gasteiger partial charge in [-0.1, -0.05) is 44.7 Å². The van der Waals surface area contributed by atoms with Crippen molar-refractivity contribution in [2.45, 2.75) is 46.5 Å². The Labute approximate surface area is 148 Å². The van der Waals surface area contributed by atoms with Crippen LogP contribution in [0.1, 0.15) is 55.4 Å². The van der Waals surface area contributed by atoms with Gasteiger partial charge < -0.3 is 4.74 Å². The van der Waals surface area contributed by atoms with Crippen molar-refractivity contribution in [1.82, 2.24) is 10.2 Å². The molecule has 0 unspecified atom stereocenters. The topological polar surface area (TPSA) is 72.1 Å². The van der Waals surface area contributed by atoms with E-state index in [4.69, 9.17) is 4.74 Å². The second-order valence-corrected chi connectivity index (χ2v) is 7.11. The van der Waals surface area contributed by atoms with Crippen LogP contribution in [-0.2, 0) is 22.4 Å². The number of rotatable bonds is 7. The van der Waals surface area contributed by atoms with Gasteiger partial charge in [0.1, 0.15) is 18.7 Å². The fourth-order valence-electron chi connectivity index (χ4n) is 3.02. The predicted octanol–water partition coefficient (Wildman–Crippen LogP) is 3.73. The number of nitrogens with zero attached hydrogens (tertiary/aromatic N) is 1. The van der Waals surface area contributed by atoms with E-state index in [2.05, 4.69) is 30.6 Å². The van der Waals surface area contributed by atoms with Crippen LogP contribution in [0.2, 0.25) is 0 Å². The number of carbonyl (C=O) groups excluding carboxylic acids is 2. The fraction of sp³-hybridized carbons (Fsp3) is 0.450. The molecule has 25 heavy (non-hydrogen) atoms. The molecule has 0 amide bonds. The van der Waals surface area contributed by atoms with Crippen molar-refractivity contribution in [3.05, 3.63) is 53.4 Å². The molecule has 5 nitrogen and oxygen atoms in total. The number of nitrogens with one attached hydrogen (secondary N) is 1. The van der Waals surface area contributed by atoms with Crippen LogP contribution >= 0.6 is 0 Å². The highest BCUT2D eigenvalue weighted by Crippen LogP contribution is 2.35. The highest BCUT2D eigenvalue weighted by atomic mass is 16.5. The molecule has 134 valence electrons. The van der Waals surface area contributed by atoms with Gasteiger partial charge in [-0.25, -0.2) is 0 Å². The quantitative estimate of drug-likeness (QED) is 0.355. The number of aromatic amines is 1. The molecule has 1 aromatic rings. The zero-order valence-corrected chi connectivity index (χ0v) is 15.2. The van der Waals surface area contributed by atoms with E-state index in [1.807, 2.05) is 19.1 Å². The van der Waals surface area contributed by atoms with Gasteiger partial charge in [-0.2, -0.15) is 5.10 Å². The number of allylic oxidation sites excluding steroid dienone is 3. The predicted molar refractivity (Wildman–Crippen MR) is 97.4 cm³/mol. The van der Waals surface area contributed by atoms with E-state index in [-0.39, 0.29) is 24.2 Å². The summed E-state index contributed by atoms with van der Waals surface area (Å²) in [6, 6.07) is 0. The Bertz CT molecular complexity index is 723. The standard InChI is InChI=1S/C20H26N2O3/c1-5-7-14(8-6-2)13-25-18(24)11-17(23)19-15-9-10-20(3,4)12-16(15)21-22-19/h5-8H,1,9-13H2,2-4H3,(H,21,22)/b8-6-,14-7+. The zero-order chi connectivity index (χ0) is 18.4. The molecule has 0 atom stereocenters. The van der Waals surface area contributed by atoms with Crippen LogP contribution in [0.4, 0.5) is 0 Å². The monoisotopic (exact) mass is 342 g/mol. The summed E-state index contributed by atoms with van der Waals surface area (Å²) in [5.74, 6) is -0.833. The molecule has 0 aromatic carbocycles. The van der Waals surface area contributed by atoms with E-state index in [9.17, 15) is 9.59 Å². The lowest BCUT2D eigenvalue weighted by Crippen LogP contribution is -2.23. The summed E-state index contributed by atoms with van der Waals surface area (Å²) >= 11 is 0. The molecule has 2 rings (SSSR count). The van der Waals surface area contributed by atoms with Gasteiger partial charge in [0.15, 0.2) is 5.78 Å². The van der Waals surface area contributed by atoms with E-state index < -0.39 is 5.97 Å². The Hall–Kier alpha value is -2.43. The highest BCUT2D eigenvalue weighted by Gasteiger charge is 2.31. The molecule has 0 saturated carbocycles. The minimum absolute atomic E-state index is 0.120. The maximum atomic E-state index is 12.4. The molecule has 1 heterocycles. The number of hydrogen-bond donors (Lipinski definition) is 1. The third-order valence-corrected chi connectivity index (χ3v) is 4.34. The normalized spacial score (nSPS) is 16.5. The Morgan fingerprint density at radius 2 is 2.16 bits per heavy atom. The van der Waals surface area contributed by atoms with Crippen molar-refractivity contribution in [2.75, 3.05) is 6.61 Å². The Balaban J connectivity index is 1.97. The van der Waals surface area contributed by atoms with Gasteiger partial charge in [-0.15, -0.1) is 0 Å². The molecule has 0 bridgehead atoms. The van der Waals surface area contributed by atoms with Crippen molar-refractivity contribution in [2.24, 2.45) is 5.41 Å². The first-order chi connectivity index (χ1) is 11.9. The second-order valence-electron chi connectivity index (χ2n) is 7.11. The second kappa shape index (κ2) is 8.10. The van der Waals surface area contributed by atoms with E-state index in [0.29, 0.717) is 5.69 Å². The van der Waals surface area contributed by atoms with Crippen LogP contribution in [0, 0.1) is 5.41 Å². The molecule has 0 aliphatic heterocycles. The zero-order valence-electron chi connectivity index (χ0n) is 15.2. The fourth-order valence-corrected chi connectivity index (χ4v) is 3.02. The molecule has 1 N–H and O–H groups in total. The Kier molecular flexibility index (Phi) is 6.12. The molecule has 1 aliphatic rings. The lowest BCUT2D eigenvalue weighted by Gasteiger charge is -2.28. The van der Waals surface area contributed by atoms with Gasteiger partial charge in [0.2, 0.25) is 0 Å². The first-order valence-corrected chi connectivity index (χ1v) is 8.55. The molecule has 0 fully saturated rings. The lowest BCUT2D eigenvalue weighted by molar-refractivity contribution is -0.141. The van der Waals surface area contributed by atoms with Crippen molar-refractivity contribution < 1.29 is 14.3 Å². The molecule has 1 aliphatic carbocycles. The number of hydrogen-bond acceptors (Lipinski definition) is 4. The van der Waals surface area contributed by atoms with Gasteiger partial charge in [-0.3, -0.25) is 14.7 Å². The number of ketones is 1. The van der Waals surface area contributed by atoms with Crippen molar-refractivity contribution in [3.63, 3.8) is 0 Å². The maximum Gasteiger partial charge on any atom is 0.314 e. The number of esters is 1. The molecule has 1 aromatic heterocycles. The van der Waals surface area contributed by atoms with Crippen molar-refractivity contribution in [3.8, 4) is 0 Å². The molecule has 0 radical (unpaired) electrons. The Morgan fingerprint density at radius 3 is 2.84 bits per heavy atom. The molecular weight excluding hydrogens is 316 g/mol. The number of H-pyrrole nitrogens is 1. The lowest BCUT2D eigenvalue weighted by atomic mass is 9.76. The van der Waals surface area contributed by atoms with Gasteiger partial charge in [0.05, 0.1) is 0 Å². The van der Waals surface area contributed by atoms with Crippen molar-refractivity contribution in [1.29, 1.82) is 0 Å². The summed E-state index contributed by atoms with van der Waals surface area (Å²) in [7, 11) is 0. The molecular formula is C20H26N2O3. The van der Waals surface area contributed by atoms with Crippen LogP contribution in [0.3, 0.4) is 0 Å². The third-order valence-electron chi connectivity index (χ3n) is 4.34. The minimum atomic E-state index is -0.544. The molecule has 5 heteroatoms. The van der Waals surface area contributed by atoms with Crippen LogP contribution in [0.5, 0.6) is 0 Å². The van der Waals surface area contributed by atoms with Gasteiger partial charge >= 0.3 is 5.97 Å². The molecule has 0 saturated heterocycles. The largest absolute Gasteiger partial charge is 0.460 e.